The number of likely N-dealkylation sites (tertiary alicyclic amines) is 1. The van der Waals surface area contributed by atoms with Crippen LogP contribution in [-0.2, 0) is 20.8 Å². The number of rotatable bonds is 8. The lowest BCUT2D eigenvalue weighted by molar-refractivity contribution is -0.122. The lowest BCUT2D eigenvalue weighted by atomic mass is 9.94. The molecule has 8 nitrogen and oxygen atoms in total. The third kappa shape index (κ3) is 5.33. The number of amides is 1. The van der Waals surface area contributed by atoms with Gasteiger partial charge in [0.1, 0.15) is 6.61 Å². The molecule has 0 N–H and O–H groups in total. The number of Topliss-reactive ketones (excluding diaryl/α,β-unsaturated/α-hetero) is 1. The first kappa shape index (κ1) is 24.3. The van der Waals surface area contributed by atoms with Gasteiger partial charge < -0.3 is 14.4 Å². The van der Waals surface area contributed by atoms with E-state index in [-0.39, 0.29) is 37.0 Å². The predicted molar refractivity (Wildman–Crippen MR) is 124 cm³/mol. The second kappa shape index (κ2) is 11.0. The first-order valence-electron chi connectivity index (χ1n) is 10.2. The van der Waals surface area contributed by atoms with E-state index in [2.05, 4.69) is 11.6 Å². The highest BCUT2D eigenvalue weighted by Gasteiger charge is 2.36. The predicted octanol–water partition coefficient (Wildman–Crippen LogP) is 3.53. The Morgan fingerprint density at radius 1 is 1.41 bits per heavy atom. The van der Waals surface area contributed by atoms with Gasteiger partial charge in [0, 0.05) is 25.0 Å². The molecular weight excluding hydrogens is 454 g/mol. The van der Waals surface area contributed by atoms with Crippen molar-refractivity contribution in [1.29, 1.82) is 0 Å². The van der Waals surface area contributed by atoms with Crippen molar-refractivity contribution in [3.05, 3.63) is 46.5 Å². The van der Waals surface area contributed by atoms with E-state index in [1.807, 2.05) is 6.26 Å². The average molecular weight is 480 g/mol. The van der Waals surface area contributed by atoms with Gasteiger partial charge in [-0.2, -0.15) is 0 Å². The number of fused-ring (bicyclic) bond motifs is 1. The van der Waals surface area contributed by atoms with E-state index in [1.165, 1.54) is 33.6 Å². The Morgan fingerprint density at radius 2 is 2.19 bits per heavy atom. The first-order valence-corrected chi connectivity index (χ1v) is 11.8. The molecule has 1 aliphatic heterocycles. The van der Waals surface area contributed by atoms with Crippen LogP contribution in [0.3, 0.4) is 0 Å². The fourth-order valence-electron chi connectivity index (χ4n) is 3.89. The van der Waals surface area contributed by atoms with E-state index >= 15 is 0 Å². The van der Waals surface area contributed by atoms with Gasteiger partial charge in [0.05, 0.1) is 40.9 Å². The van der Waals surface area contributed by atoms with Gasteiger partial charge in [0.15, 0.2) is 5.78 Å². The molecule has 172 valence electrons. The van der Waals surface area contributed by atoms with Crippen LogP contribution in [0.15, 0.2) is 40.8 Å². The van der Waals surface area contributed by atoms with Gasteiger partial charge in [-0.05, 0) is 31.2 Å². The molecule has 32 heavy (non-hydrogen) atoms. The van der Waals surface area contributed by atoms with Crippen LogP contribution < -0.4 is 5.56 Å². The summed E-state index contributed by atoms with van der Waals surface area (Å²) >= 11 is 7.71. The molecule has 2 aromatic rings. The van der Waals surface area contributed by atoms with Gasteiger partial charge in [-0.25, -0.2) is 9.78 Å². The highest BCUT2D eigenvalue weighted by molar-refractivity contribution is 7.98. The van der Waals surface area contributed by atoms with Gasteiger partial charge in [0.25, 0.3) is 5.56 Å². The molecule has 3 rings (SSSR count). The summed E-state index contributed by atoms with van der Waals surface area (Å²) < 4.78 is 12.0. The van der Waals surface area contributed by atoms with Gasteiger partial charge in [-0.1, -0.05) is 24.3 Å². The standard InChI is InChI=1S/C22H26ClN3O5S/c1-4-8-31-22(29)26-7-5-6-19(30-2)18(26)9-14(27)12-25-13-24-17-11-20(32-3)16(23)10-15(17)21(25)28/h4,10-11,13,18-19H,1,5-9,12H2,2-3H3. The van der Waals surface area contributed by atoms with Crippen molar-refractivity contribution < 1.29 is 19.1 Å². The number of carbonyl (C=O) groups is 2. The zero-order valence-corrected chi connectivity index (χ0v) is 19.7. The molecule has 0 saturated carbocycles. The van der Waals surface area contributed by atoms with Crippen LogP contribution >= 0.6 is 23.4 Å². The summed E-state index contributed by atoms with van der Waals surface area (Å²) in [6.45, 7) is 3.95. The highest BCUT2D eigenvalue weighted by Crippen LogP contribution is 2.28. The second-order valence-corrected chi connectivity index (χ2v) is 8.72. The fourth-order valence-corrected chi connectivity index (χ4v) is 4.77. The highest BCUT2D eigenvalue weighted by atomic mass is 35.5. The maximum atomic E-state index is 12.9. The number of halogens is 1. The lowest BCUT2D eigenvalue weighted by Gasteiger charge is -2.39. The number of hydrogen-bond acceptors (Lipinski definition) is 7. The topological polar surface area (TPSA) is 90.7 Å². The van der Waals surface area contributed by atoms with Gasteiger partial charge >= 0.3 is 6.09 Å². The Hall–Kier alpha value is -2.36. The number of ketones is 1. The van der Waals surface area contributed by atoms with Gasteiger partial charge in [-0.15, -0.1) is 11.8 Å². The Bertz CT molecular complexity index is 1070. The number of carbonyl (C=O) groups excluding carboxylic acids is 2. The maximum Gasteiger partial charge on any atom is 0.410 e. The van der Waals surface area contributed by atoms with Crippen LogP contribution in [0.5, 0.6) is 0 Å². The second-order valence-electron chi connectivity index (χ2n) is 7.47. The molecular formula is C22H26ClN3O5S. The van der Waals surface area contributed by atoms with Crippen LogP contribution in [0, 0.1) is 0 Å². The summed E-state index contributed by atoms with van der Waals surface area (Å²) in [5.74, 6) is -0.212. The number of benzene rings is 1. The smallest absolute Gasteiger partial charge is 0.410 e. The third-order valence-electron chi connectivity index (χ3n) is 5.46. The van der Waals surface area contributed by atoms with Crippen LogP contribution in [0.25, 0.3) is 10.9 Å². The summed E-state index contributed by atoms with van der Waals surface area (Å²) in [6, 6.07) is 2.87. The number of thioether (sulfide) groups is 1. The van der Waals surface area contributed by atoms with Crippen molar-refractivity contribution in [2.75, 3.05) is 26.5 Å². The van der Waals surface area contributed by atoms with Crippen molar-refractivity contribution in [1.82, 2.24) is 14.5 Å². The van der Waals surface area contributed by atoms with Crippen molar-refractivity contribution in [3.8, 4) is 0 Å². The molecule has 1 amide bonds. The summed E-state index contributed by atoms with van der Waals surface area (Å²) in [4.78, 5) is 45.0. The quantitative estimate of drug-likeness (QED) is 0.422. The molecule has 1 saturated heterocycles. The number of ether oxygens (including phenoxy) is 2. The van der Waals surface area contributed by atoms with Crippen LogP contribution in [-0.4, -0.2) is 65.0 Å². The fraction of sp³-hybridized carbons (Fsp3) is 0.455. The zero-order chi connectivity index (χ0) is 23.3. The first-order chi connectivity index (χ1) is 15.4. The minimum Gasteiger partial charge on any atom is -0.445 e. The van der Waals surface area contributed by atoms with Crippen molar-refractivity contribution in [2.45, 2.75) is 42.8 Å². The molecule has 1 fully saturated rings. The number of piperidine rings is 1. The van der Waals surface area contributed by atoms with Crippen LogP contribution in [0.1, 0.15) is 19.3 Å². The summed E-state index contributed by atoms with van der Waals surface area (Å²) in [5.41, 5.74) is 0.183. The number of nitrogens with zero attached hydrogens (tertiary/aromatic N) is 3. The average Bonchev–Trinajstić information content (AvgIpc) is 2.79. The summed E-state index contributed by atoms with van der Waals surface area (Å²) in [7, 11) is 1.56. The Kier molecular flexibility index (Phi) is 8.33. The molecule has 10 heteroatoms. The normalized spacial score (nSPS) is 18.5. The summed E-state index contributed by atoms with van der Waals surface area (Å²) in [5, 5.41) is 0.817. The SMILES string of the molecule is C=CCOC(=O)N1CCCC(OC)C1CC(=O)Cn1cnc2cc(SC)c(Cl)cc2c1=O. The van der Waals surface area contributed by atoms with Crippen LogP contribution in [0.4, 0.5) is 4.79 Å². The summed E-state index contributed by atoms with van der Waals surface area (Å²) in [6.07, 6.45) is 5.47. The van der Waals surface area contributed by atoms with Crippen molar-refractivity contribution in [3.63, 3.8) is 0 Å². The van der Waals surface area contributed by atoms with E-state index in [9.17, 15) is 14.4 Å². The van der Waals surface area contributed by atoms with Crippen molar-refractivity contribution >= 4 is 46.1 Å². The molecule has 2 unspecified atom stereocenters. The minimum absolute atomic E-state index is 0.0400. The molecule has 0 radical (unpaired) electrons. The van der Waals surface area contributed by atoms with E-state index in [0.29, 0.717) is 22.5 Å². The largest absolute Gasteiger partial charge is 0.445 e. The van der Waals surface area contributed by atoms with E-state index in [4.69, 9.17) is 21.1 Å². The molecule has 0 aliphatic carbocycles. The Labute approximate surface area is 195 Å². The monoisotopic (exact) mass is 479 g/mol. The molecule has 1 aromatic heterocycles. The van der Waals surface area contributed by atoms with E-state index in [1.54, 1.807) is 19.2 Å². The molecule has 0 bridgehead atoms. The Morgan fingerprint density at radius 3 is 2.88 bits per heavy atom. The maximum absolute atomic E-state index is 12.9. The molecule has 0 spiro atoms. The van der Waals surface area contributed by atoms with Gasteiger partial charge in [0.2, 0.25) is 0 Å². The van der Waals surface area contributed by atoms with E-state index < -0.39 is 12.1 Å². The van der Waals surface area contributed by atoms with Gasteiger partial charge in [-0.3, -0.25) is 14.2 Å². The van der Waals surface area contributed by atoms with Crippen molar-refractivity contribution in [2.24, 2.45) is 0 Å². The third-order valence-corrected chi connectivity index (χ3v) is 6.66. The number of methoxy groups -OCH3 is 1. The minimum atomic E-state index is -0.506. The van der Waals surface area contributed by atoms with Crippen LogP contribution in [0.2, 0.25) is 5.02 Å². The molecule has 2 heterocycles. The number of aromatic nitrogens is 2. The lowest BCUT2D eigenvalue weighted by Crippen LogP contribution is -2.53. The molecule has 1 aliphatic rings. The zero-order valence-electron chi connectivity index (χ0n) is 18.1. The Balaban J connectivity index is 1.80. The molecule has 2 atom stereocenters. The molecule has 1 aromatic carbocycles. The number of hydrogen-bond donors (Lipinski definition) is 0. The van der Waals surface area contributed by atoms with E-state index in [0.717, 1.165) is 17.7 Å².